The predicted octanol–water partition coefficient (Wildman–Crippen LogP) is 1.94. The van der Waals surface area contributed by atoms with Crippen molar-refractivity contribution in [3.63, 3.8) is 0 Å². The molecule has 1 aromatic rings. The lowest BCUT2D eigenvalue weighted by atomic mass is 10.1. The molecule has 0 spiro atoms. The van der Waals surface area contributed by atoms with Crippen molar-refractivity contribution in [2.24, 2.45) is 0 Å². The molecule has 1 saturated heterocycles. The van der Waals surface area contributed by atoms with Gasteiger partial charge in [0.15, 0.2) is 11.5 Å². The Labute approximate surface area is 127 Å². The Morgan fingerprint density at radius 3 is 2.00 bits per heavy atom. The largest absolute Gasteiger partial charge is 0.502 e. The van der Waals surface area contributed by atoms with E-state index in [-0.39, 0.29) is 5.75 Å². The number of phenols is 1. The van der Waals surface area contributed by atoms with Crippen LogP contribution in [0.2, 0.25) is 0 Å². The van der Waals surface area contributed by atoms with E-state index in [1.165, 1.54) is 13.0 Å². The molecule has 1 N–H and O–H groups in total. The first-order valence-corrected chi connectivity index (χ1v) is 7.56. The molecule has 21 heavy (non-hydrogen) atoms. The van der Waals surface area contributed by atoms with Gasteiger partial charge in [0.05, 0.1) is 14.2 Å². The molecule has 118 valence electrons. The number of aromatic hydroxyl groups is 1. The summed E-state index contributed by atoms with van der Waals surface area (Å²) in [6, 6.07) is 3.77. The number of benzene rings is 1. The van der Waals surface area contributed by atoms with Crippen LogP contribution >= 0.6 is 0 Å². The lowest BCUT2D eigenvalue weighted by molar-refractivity contribution is 0.127. The third kappa shape index (κ3) is 4.02. The SMILES string of the molecule is CCCN1CCN(Cc2cc(OC)c(O)c(OC)c2)CC1. The summed E-state index contributed by atoms with van der Waals surface area (Å²) in [5.41, 5.74) is 1.10. The van der Waals surface area contributed by atoms with Crippen molar-refractivity contribution >= 4 is 0 Å². The van der Waals surface area contributed by atoms with Gasteiger partial charge < -0.3 is 19.5 Å². The number of hydrogen-bond acceptors (Lipinski definition) is 5. The zero-order valence-electron chi connectivity index (χ0n) is 13.3. The minimum atomic E-state index is 0.0662. The normalized spacial score (nSPS) is 16.9. The standard InChI is InChI=1S/C16H26N2O3/c1-4-5-17-6-8-18(9-7-17)12-13-10-14(20-2)16(19)15(11-13)21-3/h10-11,19H,4-9,12H2,1-3H3. The molecule has 5 nitrogen and oxygen atoms in total. The highest BCUT2D eigenvalue weighted by Gasteiger charge is 2.18. The monoisotopic (exact) mass is 294 g/mol. The van der Waals surface area contributed by atoms with Crippen LogP contribution in [0.5, 0.6) is 17.2 Å². The van der Waals surface area contributed by atoms with Crippen LogP contribution in [0, 0.1) is 0 Å². The number of rotatable bonds is 6. The van der Waals surface area contributed by atoms with E-state index < -0.39 is 0 Å². The van der Waals surface area contributed by atoms with E-state index in [9.17, 15) is 5.11 Å². The summed E-state index contributed by atoms with van der Waals surface area (Å²) in [6.45, 7) is 8.67. The molecule has 2 rings (SSSR count). The van der Waals surface area contributed by atoms with Crippen molar-refractivity contribution < 1.29 is 14.6 Å². The van der Waals surface area contributed by atoms with Crippen molar-refractivity contribution in [3.8, 4) is 17.2 Å². The molecule has 1 heterocycles. The summed E-state index contributed by atoms with van der Waals surface area (Å²) in [4.78, 5) is 4.94. The second kappa shape index (κ2) is 7.52. The molecule has 5 heteroatoms. The number of methoxy groups -OCH3 is 2. The number of phenolic OH excluding ortho intramolecular Hbond substituents is 1. The molecule has 0 radical (unpaired) electrons. The van der Waals surface area contributed by atoms with Gasteiger partial charge in [-0.3, -0.25) is 4.90 Å². The Morgan fingerprint density at radius 1 is 1.00 bits per heavy atom. The minimum Gasteiger partial charge on any atom is -0.502 e. The number of nitrogens with zero attached hydrogens (tertiary/aromatic N) is 2. The number of hydrogen-bond donors (Lipinski definition) is 1. The quantitative estimate of drug-likeness (QED) is 0.868. The molecular formula is C16H26N2O3. The van der Waals surface area contributed by atoms with Crippen LogP contribution in [-0.2, 0) is 6.54 Å². The van der Waals surface area contributed by atoms with Crippen LogP contribution in [0.4, 0.5) is 0 Å². The maximum atomic E-state index is 9.94. The van der Waals surface area contributed by atoms with Crippen LogP contribution in [0.3, 0.4) is 0 Å². The van der Waals surface area contributed by atoms with Crippen molar-refractivity contribution in [1.82, 2.24) is 9.80 Å². The van der Waals surface area contributed by atoms with Crippen molar-refractivity contribution in [2.45, 2.75) is 19.9 Å². The predicted molar refractivity (Wildman–Crippen MR) is 83.2 cm³/mol. The fourth-order valence-electron chi connectivity index (χ4n) is 2.78. The lowest BCUT2D eigenvalue weighted by Crippen LogP contribution is -2.45. The van der Waals surface area contributed by atoms with E-state index in [0.717, 1.165) is 38.3 Å². The van der Waals surface area contributed by atoms with Gasteiger partial charge in [0.25, 0.3) is 0 Å². The van der Waals surface area contributed by atoms with Crippen molar-refractivity contribution in [2.75, 3.05) is 46.9 Å². The fraction of sp³-hybridized carbons (Fsp3) is 0.625. The third-order valence-corrected chi connectivity index (χ3v) is 3.95. The maximum absolute atomic E-state index is 9.94. The lowest BCUT2D eigenvalue weighted by Gasteiger charge is -2.34. The van der Waals surface area contributed by atoms with Gasteiger partial charge >= 0.3 is 0 Å². The average Bonchev–Trinajstić information content (AvgIpc) is 2.51. The number of ether oxygens (including phenoxy) is 2. The molecule has 0 saturated carbocycles. The molecule has 1 aliphatic rings. The summed E-state index contributed by atoms with van der Waals surface area (Å²) in [6.07, 6.45) is 1.21. The van der Waals surface area contributed by atoms with Gasteiger partial charge in [-0.2, -0.15) is 0 Å². The van der Waals surface area contributed by atoms with Crippen LogP contribution in [0.15, 0.2) is 12.1 Å². The summed E-state index contributed by atoms with van der Waals surface area (Å²) >= 11 is 0. The Balaban J connectivity index is 2.00. The summed E-state index contributed by atoms with van der Waals surface area (Å²) in [7, 11) is 3.11. The highest BCUT2D eigenvalue weighted by molar-refractivity contribution is 5.52. The zero-order chi connectivity index (χ0) is 15.2. The van der Waals surface area contributed by atoms with Crippen molar-refractivity contribution in [1.29, 1.82) is 0 Å². The third-order valence-electron chi connectivity index (χ3n) is 3.95. The molecule has 1 aliphatic heterocycles. The summed E-state index contributed by atoms with van der Waals surface area (Å²) in [5.74, 6) is 0.999. The van der Waals surface area contributed by atoms with E-state index in [1.807, 2.05) is 12.1 Å². The summed E-state index contributed by atoms with van der Waals surface area (Å²) < 4.78 is 10.4. The van der Waals surface area contributed by atoms with Crippen LogP contribution in [-0.4, -0.2) is 61.8 Å². The smallest absolute Gasteiger partial charge is 0.200 e. The molecule has 0 atom stereocenters. The fourth-order valence-corrected chi connectivity index (χ4v) is 2.78. The average molecular weight is 294 g/mol. The Morgan fingerprint density at radius 2 is 1.52 bits per heavy atom. The van der Waals surface area contributed by atoms with Crippen molar-refractivity contribution in [3.05, 3.63) is 17.7 Å². The first-order valence-electron chi connectivity index (χ1n) is 7.56. The molecule has 0 aromatic heterocycles. The Bertz CT molecular complexity index is 432. The first kappa shape index (κ1) is 15.9. The van der Waals surface area contributed by atoms with Gasteiger partial charge in [-0.05, 0) is 30.7 Å². The highest BCUT2D eigenvalue weighted by atomic mass is 16.5. The molecule has 1 aromatic carbocycles. The van der Waals surface area contributed by atoms with E-state index in [0.29, 0.717) is 11.5 Å². The molecule has 0 unspecified atom stereocenters. The minimum absolute atomic E-state index is 0.0662. The molecule has 1 fully saturated rings. The molecule has 0 aliphatic carbocycles. The van der Waals surface area contributed by atoms with Gasteiger partial charge in [-0.25, -0.2) is 0 Å². The van der Waals surface area contributed by atoms with Gasteiger partial charge in [0.2, 0.25) is 5.75 Å². The number of piperazine rings is 1. The maximum Gasteiger partial charge on any atom is 0.200 e. The van der Waals surface area contributed by atoms with Gasteiger partial charge in [0.1, 0.15) is 0 Å². The Kier molecular flexibility index (Phi) is 5.70. The molecule has 0 bridgehead atoms. The van der Waals surface area contributed by atoms with E-state index in [1.54, 1.807) is 14.2 Å². The molecule has 0 amide bonds. The highest BCUT2D eigenvalue weighted by Crippen LogP contribution is 2.37. The zero-order valence-corrected chi connectivity index (χ0v) is 13.3. The second-order valence-electron chi connectivity index (χ2n) is 5.47. The van der Waals surface area contributed by atoms with Crippen LogP contribution < -0.4 is 9.47 Å². The summed E-state index contributed by atoms with van der Waals surface area (Å²) in [5, 5.41) is 9.94. The van der Waals surface area contributed by atoms with Gasteiger partial charge in [-0.15, -0.1) is 0 Å². The van der Waals surface area contributed by atoms with E-state index in [4.69, 9.17) is 9.47 Å². The van der Waals surface area contributed by atoms with Gasteiger partial charge in [-0.1, -0.05) is 6.92 Å². The molecular weight excluding hydrogens is 268 g/mol. The van der Waals surface area contributed by atoms with Gasteiger partial charge in [0, 0.05) is 32.7 Å². The first-order chi connectivity index (χ1) is 10.2. The van der Waals surface area contributed by atoms with Crippen LogP contribution in [0.1, 0.15) is 18.9 Å². The van der Waals surface area contributed by atoms with E-state index >= 15 is 0 Å². The second-order valence-corrected chi connectivity index (χ2v) is 5.47. The van der Waals surface area contributed by atoms with Crippen LogP contribution in [0.25, 0.3) is 0 Å². The topological polar surface area (TPSA) is 45.2 Å². The Hall–Kier alpha value is -1.46. The van der Waals surface area contributed by atoms with E-state index in [2.05, 4.69) is 16.7 Å².